The number of aromatic nitrogens is 2. The number of benzene rings is 1. The number of nitrogens with two attached hydrogens (primary N) is 1. The first-order chi connectivity index (χ1) is 9.26. The Morgan fingerprint density at radius 1 is 1.26 bits per heavy atom. The molecule has 1 saturated heterocycles. The second-order valence-corrected chi connectivity index (χ2v) is 4.96. The Morgan fingerprint density at radius 2 is 2.05 bits per heavy atom. The Hall–Kier alpha value is -1.43. The lowest BCUT2D eigenvalue weighted by atomic mass is 10.2. The van der Waals surface area contributed by atoms with E-state index >= 15 is 0 Å². The highest BCUT2D eigenvalue weighted by Crippen LogP contribution is 2.32. The normalized spacial score (nSPS) is 22.8. The Labute approximate surface area is 115 Å². The van der Waals surface area contributed by atoms with Crippen LogP contribution in [0.1, 0.15) is 24.8 Å². The van der Waals surface area contributed by atoms with Crippen LogP contribution in [0.25, 0.3) is 11.4 Å². The van der Waals surface area contributed by atoms with Crippen LogP contribution in [-0.2, 0) is 4.74 Å². The molecule has 0 saturated carbocycles. The van der Waals surface area contributed by atoms with E-state index in [1.54, 1.807) is 12.1 Å². The molecule has 1 aliphatic heterocycles. The lowest BCUT2D eigenvalue weighted by Gasteiger charge is -2.07. The third-order valence-corrected chi connectivity index (χ3v) is 3.44. The molecule has 0 bridgehead atoms. The molecule has 3 rings (SSSR count). The summed E-state index contributed by atoms with van der Waals surface area (Å²) < 4.78 is 11.0. The van der Waals surface area contributed by atoms with Crippen molar-refractivity contribution in [3.63, 3.8) is 0 Å². The summed E-state index contributed by atoms with van der Waals surface area (Å²) in [5, 5.41) is 4.65. The van der Waals surface area contributed by atoms with Crippen molar-refractivity contribution in [2.45, 2.75) is 25.0 Å². The van der Waals surface area contributed by atoms with Crippen LogP contribution >= 0.6 is 11.6 Å². The van der Waals surface area contributed by atoms with Gasteiger partial charge in [0.15, 0.2) is 0 Å². The lowest BCUT2D eigenvalue weighted by Crippen LogP contribution is -2.18. The number of hydrogen-bond donors (Lipinski definition) is 1. The molecular formula is C13H14ClN3O2. The summed E-state index contributed by atoms with van der Waals surface area (Å²) in [6, 6.07) is 7.30. The van der Waals surface area contributed by atoms with Crippen molar-refractivity contribution in [1.29, 1.82) is 0 Å². The Bertz CT molecular complexity index is 555. The maximum absolute atomic E-state index is 5.84. The third kappa shape index (κ3) is 2.63. The quantitative estimate of drug-likeness (QED) is 0.935. The largest absolute Gasteiger partial charge is 0.364 e. The summed E-state index contributed by atoms with van der Waals surface area (Å²) in [6.45, 7) is 0.522. The van der Waals surface area contributed by atoms with E-state index in [0.29, 0.717) is 23.3 Å². The highest BCUT2D eigenvalue weighted by Gasteiger charge is 2.29. The Balaban J connectivity index is 1.78. The molecule has 5 nitrogen and oxygen atoms in total. The summed E-state index contributed by atoms with van der Waals surface area (Å²) in [5.41, 5.74) is 6.45. The minimum atomic E-state index is -0.137. The fourth-order valence-electron chi connectivity index (χ4n) is 2.14. The van der Waals surface area contributed by atoms with Crippen LogP contribution in [0.15, 0.2) is 28.8 Å². The zero-order valence-corrected chi connectivity index (χ0v) is 11.0. The van der Waals surface area contributed by atoms with Gasteiger partial charge in [-0.2, -0.15) is 4.98 Å². The van der Waals surface area contributed by atoms with E-state index in [-0.39, 0.29) is 12.2 Å². The van der Waals surface area contributed by atoms with Crippen LogP contribution in [0.4, 0.5) is 0 Å². The summed E-state index contributed by atoms with van der Waals surface area (Å²) >= 11 is 5.84. The van der Waals surface area contributed by atoms with Crippen molar-refractivity contribution in [2.75, 3.05) is 6.54 Å². The molecule has 19 heavy (non-hydrogen) atoms. The second kappa shape index (κ2) is 5.28. The summed E-state index contributed by atoms with van der Waals surface area (Å²) in [6.07, 6.45) is 1.75. The predicted molar refractivity (Wildman–Crippen MR) is 70.6 cm³/mol. The van der Waals surface area contributed by atoms with E-state index in [2.05, 4.69) is 10.1 Å². The molecule has 2 unspecified atom stereocenters. The van der Waals surface area contributed by atoms with E-state index < -0.39 is 0 Å². The van der Waals surface area contributed by atoms with Crippen LogP contribution in [0.2, 0.25) is 5.02 Å². The van der Waals surface area contributed by atoms with Crippen molar-refractivity contribution < 1.29 is 9.26 Å². The average Bonchev–Trinajstić information content (AvgIpc) is 3.08. The molecule has 2 aromatic rings. The molecule has 2 heterocycles. The molecular weight excluding hydrogens is 266 g/mol. The first-order valence-corrected chi connectivity index (χ1v) is 6.59. The van der Waals surface area contributed by atoms with E-state index in [9.17, 15) is 0 Å². The number of hydrogen-bond acceptors (Lipinski definition) is 5. The van der Waals surface area contributed by atoms with Crippen molar-refractivity contribution in [3.05, 3.63) is 35.2 Å². The van der Waals surface area contributed by atoms with Crippen molar-refractivity contribution in [1.82, 2.24) is 10.1 Å². The maximum Gasteiger partial charge on any atom is 0.256 e. The van der Waals surface area contributed by atoms with Crippen LogP contribution in [0, 0.1) is 0 Å². The fourth-order valence-corrected chi connectivity index (χ4v) is 2.27. The van der Waals surface area contributed by atoms with Crippen LogP contribution in [0.3, 0.4) is 0 Å². The topological polar surface area (TPSA) is 74.2 Å². The van der Waals surface area contributed by atoms with Gasteiger partial charge in [-0.25, -0.2) is 0 Å². The van der Waals surface area contributed by atoms with Gasteiger partial charge in [0.1, 0.15) is 6.10 Å². The van der Waals surface area contributed by atoms with Crippen LogP contribution < -0.4 is 5.73 Å². The van der Waals surface area contributed by atoms with Gasteiger partial charge in [-0.05, 0) is 37.1 Å². The van der Waals surface area contributed by atoms with E-state index in [1.807, 2.05) is 12.1 Å². The maximum atomic E-state index is 5.84. The molecule has 0 radical (unpaired) electrons. The molecule has 1 aliphatic rings. The van der Waals surface area contributed by atoms with E-state index in [0.717, 1.165) is 18.4 Å². The minimum absolute atomic E-state index is 0.0934. The zero-order chi connectivity index (χ0) is 13.2. The fraction of sp³-hybridized carbons (Fsp3) is 0.385. The first-order valence-electron chi connectivity index (χ1n) is 6.21. The molecule has 1 fully saturated rings. The number of rotatable bonds is 3. The van der Waals surface area contributed by atoms with Crippen molar-refractivity contribution >= 4 is 11.6 Å². The average molecular weight is 280 g/mol. The smallest absolute Gasteiger partial charge is 0.256 e. The van der Waals surface area contributed by atoms with Crippen molar-refractivity contribution in [2.24, 2.45) is 5.73 Å². The van der Waals surface area contributed by atoms with Gasteiger partial charge >= 0.3 is 0 Å². The summed E-state index contributed by atoms with van der Waals surface area (Å²) in [7, 11) is 0. The molecule has 0 amide bonds. The predicted octanol–water partition coefficient (Wildman–Crippen LogP) is 2.57. The molecule has 2 N–H and O–H groups in total. The molecule has 6 heteroatoms. The van der Waals surface area contributed by atoms with E-state index in [4.69, 9.17) is 26.6 Å². The van der Waals surface area contributed by atoms with Gasteiger partial charge in [-0.15, -0.1) is 0 Å². The molecule has 0 aliphatic carbocycles. The molecule has 2 atom stereocenters. The highest BCUT2D eigenvalue weighted by atomic mass is 35.5. The van der Waals surface area contributed by atoms with Gasteiger partial charge in [-0.3, -0.25) is 0 Å². The summed E-state index contributed by atoms with van der Waals surface area (Å²) in [4.78, 5) is 4.37. The molecule has 1 aromatic carbocycles. The van der Waals surface area contributed by atoms with E-state index in [1.165, 1.54) is 0 Å². The number of nitrogens with zero attached hydrogens (tertiary/aromatic N) is 2. The summed E-state index contributed by atoms with van der Waals surface area (Å²) in [5.74, 6) is 1.06. The molecule has 1 aromatic heterocycles. The SMILES string of the molecule is NCC1CCC(c2nc(-c3ccc(Cl)cc3)no2)O1. The highest BCUT2D eigenvalue weighted by molar-refractivity contribution is 6.30. The minimum Gasteiger partial charge on any atom is -0.364 e. The first kappa shape index (κ1) is 12.6. The molecule has 0 spiro atoms. The molecule has 100 valence electrons. The van der Waals surface area contributed by atoms with Gasteiger partial charge in [0.25, 0.3) is 5.89 Å². The Kier molecular flexibility index (Phi) is 3.50. The zero-order valence-electron chi connectivity index (χ0n) is 10.3. The third-order valence-electron chi connectivity index (χ3n) is 3.19. The van der Waals surface area contributed by atoms with Gasteiger partial charge in [-0.1, -0.05) is 16.8 Å². The van der Waals surface area contributed by atoms with Gasteiger partial charge in [0.05, 0.1) is 6.10 Å². The number of halogens is 1. The van der Waals surface area contributed by atoms with Crippen LogP contribution in [-0.4, -0.2) is 22.8 Å². The van der Waals surface area contributed by atoms with Crippen molar-refractivity contribution in [3.8, 4) is 11.4 Å². The Morgan fingerprint density at radius 3 is 2.74 bits per heavy atom. The standard InChI is InChI=1S/C13H14ClN3O2/c14-9-3-1-8(2-4-9)12-16-13(19-17-12)11-6-5-10(7-15)18-11/h1-4,10-11H,5-7,15H2. The second-order valence-electron chi connectivity index (χ2n) is 4.52. The van der Waals surface area contributed by atoms with Gasteiger partial charge in [0.2, 0.25) is 5.82 Å². The monoisotopic (exact) mass is 279 g/mol. The van der Waals surface area contributed by atoms with Gasteiger partial charge in [0, 0.05) is 17.1 Å². The number of ether oxygens (including phenoxy) is 1. The van der Waals surface area contributed by atoms with Crippen LogP contribution in [0.5, 0.6) is 0 Å². The van der Waals surface area contributed by atoms with Gasteiger partial charge < -0.3 is 15.0 Å². The lowest BCUT2D eigenvalue weighted by molar-refractivity contribution is 0.0307.